The van der Waals surface area contributed by atoms with Gasteiger partial charge in [0.2, 0.25) is 0 Å². The lowest BCUT2D eigenvalue weighted by molar-refractivity contribution is 0.604. The molecule has 10 heavy (non-hydrogen) atoms. The van der Waals surface area contributed by atoms with Crippen molar-refractivity contribution in [2.24, 2.45) is 10.4 Å². The molecular formula is C5H9ClN2O2. The van der Waals surface area contributed by atoms with Gasteiger partial charge in [0.25, 0.3) is 0 Å². The highest BCUT2D eigenvalue weighted by atomic mass is 35.5. The molecule has 0 aliphatic heterocycles. The van der Waals surface area contributed by atoms with Crippen molar-refractivity contribution in [1.82, 2.24) is 0 Å². The molecule has 58 valence electrons. The number of alkyl halides is 1. The maximum atomic E-state index is 9.95. The van der Waals surface area contributed by atoms with Crippen LogP contribution in [0.3, 0.4) is 0 Å². The lowest BCUT2D eigenvalue weighted by atomic mass is 10.2. The van der Waals surface area contributed by atoms with Gasteiger partial charge in [-0.25, -0.2) is 0 Å². The van der Waals surface area contributed by atoms with Gasteiger partial charge in [-0.15, -0.1) is 11.6 Å². The van der Waals surface area contributed by atoms with Gasteiger partial charge < -0.3 is 0 Å². The summed E-state index contributed by atoms with van der Waals surface area (Å²) >= 11 is 5.35. The van der Waals surface area contributed by atoms with Crippen LogP contribution in [0.15, 0.2) is 10.4 Å². The van der Waals surface area contributed by atoms with Gasteiger partial charge in [0.1, 0.15) is 0 Å². The van der Waals surface area contributed by atoms with Crippen LogP contribution in [-0.2, 0) is 0 Å². The molecule has 0 N–H and O–H groups in total. The van der Waals surface area contributed by atoms with Crippen molar-refractivity contribution < 1.29 is 0 Å². The second-order valence-corrected chi connectivity index (χ2v) is 2.26. The van der Waals surface area contributed by atoms with E-state index in [4.69, 9.17) is 11.6 Å². The number of hydrogen-bond donors (Lipinski definition) is 0. The van der Waals surface area contributed by atoms with Gasteiger partial charge in [0.15, 0.2) is 0 Å². The number of nitroso groups, excluding NO2 is 2. The van der Waals surface area contributed by atoms with E-state index in [1.807, 2.05) is 0 Å². The molecule has 0 aromatic heterocycles. The van der Waals surface area contributed by atoms with Crippen molar-refractivity contribution in [3.8, 4) is 0 Å². The highest BCUT2D eigenvalue weighted by Crippen LogP contribution is 2.04. The molecule has 0 aliphatic rings. The summed E-state index contributed by atoms with van der Waals surface area (Å²) < 4.78 is 0. The predicted octanol–water partition coefficient (Wildman–Crippen LogP) is 1.91. The van der Waals surface area contributed by atoms with Gasteiger partial charge in [-0.2, -0.15) is 9.81 Å². The molecule has 4 nitrogen and oxygen atoms in total. The van der Waals surface area contributed by atoms with Crippen LogP contribution in [0.4, 0.5) is 0 Å². The Labute approximate surface area is 63.9 Å². The maximum Gasteiger partial charge on any atom is 0.0949 e. The van der Waals surface area contributed by atoms with Crippen LogP contribution in [0.25, 0.3) is 0 Å². The summed E-state index contributed by atoms with van der Waals surface area (Å²) in [4.78, 5) is 19.6. The summed E-state index contributed by atoms with van der Waals surface area (Å²) in [7, 11) is 0. The first-order chi connectivity index (χ1) is 4.85. The van der Waals surface area contributed by atoms with Crippen LogP contribution in [0.1, 0.15) is 12.8 Å². The molecular weight excluding hydrogens is 156 g/mol. The summed E-state index contributed by atoms with van der Waals surface area (Å²) in [5.74, 6) is 0.398. The van der Waals surface area contributed by atoms with E-state index in [1.54, 1.807) is 0 Å². The SMILES string of the molecule is O=NCCC(CCCl)N=O. The van der Waals surface area contributed by atoms with Gasteiger partial charge in [-0.3, -0.25) is 0 Å². The zero-order valence-corrected chi connectivity index (χ0v) is 6.25. The first-order valence-corrected chi connectivity index (χ1v) is 3.56. The van der Waals surface area contributed by atoms with E-state index in [0.717, 1.165) is 0 Å². The molecule has 0 spiro atoms. The van der Waals surface area contributed by atoms with Crippen LogP contribution >= 0.6 is 11.6 Å². The Kier molecular flexibility index (Phi) is 6.27. The molecule has 0 bridgehead atoms. The molecule has 0 aliphatic carbocycles. The Morgan fingerprint density at radius 3 is 2.40 bits per heavy atom. The van der Waals surface area contributed by atoms with Crippen molar-refractivity contribution in [3.05, 3.63) is 9.81 Å². The van der Waals surface area contributed by atoms with Gasteiger partial charge in [-0.1, -0.05) is 10.4 Å². The molecule has 0 saturated heterocycles. The topological polar surface area (TPSA) is 58.9 Å². The lowest BCUT2D eigenvalue weighted by Gasteiger charge is -2.01. The second kappa shape index (κ2) is 6.61. The normalized spacial score (nSPS) is 12.5. The molecule has 0 fully saturated rings. The Balaban J connectivity index is 3.38. The largest absolute Gasteiger partial charge is 0.151 e. The molecule has 1 unspecified atom stereocenters. The quantitative estimate of drug-likeness (QED) is 0.445. The molecule has 0 aromatic rings. The molecule has 0 rings (SSSR count). The Hall–Kier alpha value is -0.510. The minimum atomic E-state index is -0.338. The standard InChI is InChI=1S/C5H9ClN2O2/c6-3-1-5(8-10)2-4-7-9/h5H,1-4H2. The molecule has 0 radical (unpaired) electrons. The molecule has 0 aromatic carbocycles. The number of hydrogen-bond acceptors (Lipinski definition) is 4. The van der Waals surface area contributed by atoms with E-state index in [0.29, 0.717) is 18.7 Å². The molecule has 0 heterocycles. The van der Waals surface area contributed by atoms with Crippen LogP contribution in [0.2, 0.25) is 0 Å². The highest BCUT2D eigenvalue weighted by molar-refractivity contribution is 6.17. The lowest BCUT2D eigenvalue weighted by Crippen LogP contribution is -2.05. The molecule has 5 heteroatoms. The molecule has 0 amide bonds. The fraction of sp³-hybridized carbons (Fsp3) is 1.00. The second-order valence-electron chi connectivity index (χ2n) is 1.88. The van der Waals surface area contributed by atoms with Crippen molar-refractivity contribution in [2.45, 2.75) is 18.9 Å². The predicted molar refractivity (Wildman–Crippen MR) is 40.2 cm³/mol. The highest BCUT2D eigenvalue weighted by Gasteiger charge is 2.06. The van der Waals surface area contributed by atoms with Crippen LogP contribution < -0.4 is 0 Å². The van der Waals surface area contributed by atoms with E-state index < -0.39 is 0 Å². The van der Waals surface area contributed by atoms with Crippen LogP contribution in [0.5, 0.6) is 0 Å². The monoisotopic (exact) mass is 164 g/mol. The molecule has 1 atom stereocenters. The van der Waals surface area contributed by atoms with Crippen LogP contribution in [-0.4, -0.2) is 18.5 Å². The van der Waals surface area contributed by atoms with Crippen molar-refractivity contribution in [2.75, 3.05) is 12.4 Å². The smallest absolute Gasteiger partial charge is 0.0949 e. The van der Waals surface area contributed by atoms with Gasteiger partial charge in [0, 0.05) is 5.88 Å². The van der Waals surface area contributed by atoms with Crippen molar-refractivity contribution in [1.29, 1.82) is 0 Å². The third-order valence-corrected chi connectivity index (χ3v) is 1.36. The fourth-order valence-electron chi connectivity index (χ4n) is 0.577. The summed E-state index contributed by atoms with van der Waals surface area (Å²) in [6.45, 7) is 0.146. The number of nitrogens with zero attached hydrogens (tertiary/aromatic N) is 2. The zero-order chi connectivity index (χ0) is 7.82. The Morgan fingerprint density at radius 2 is 2.00 bits per heavy atom. The van der Waals surface area contributed by atoms with E-state index >= 15 is 0 Å². The first-order valence-electron chi connectivity index (χ1n) is 3.02. The maximum absolute atomic E-state index is 9.95. The van der Waals surface area contributed by atoms with Crippen LogP contribution in [0, 0.1) is 9.81 Å². The van der Waals surface area contributed by atoms with Crippen molar-refractivity contribution >= 4 is 11.6 Å². The van der Waals surface area contributed by atoms with Gasteiger partial charge >= 0.3 is 0 Å². The van der Waals surface area contributed by atoms with Crippen molar-refractivity contribution in [3.63, 3.8) is 0 Å². The average molecular weight is 165 g/mol. The van der Waals surface area contributed by atoms with E-state index in [9.17, 15) is 9.81 Å². The Bertz CT molecular complexity index is 110. The third kappa shape index (κ3) is 4.38. The van der Waals surface area contributed by atoms with E-state index in [1.165, 1.54) is 0 Å². The Morgan fingerprint density at radius 1 is 1.30 bits per heavy atom. The minimum Gasteiger partial charge on any atom is -0.151 e. The number of halogens is 1. The summed E-state index contributed by atoms with van der Waals surface area (Å²) in [5, 5.41) is 5.40. The van der Waals surface area contributed by atoms with Gasteiger partial charge in [0.05, 0.1) is 12.6 Å². The van der Waals surface area contributed by atoms with E-state index in [-0.39, 0.29) is 12.6 Å². The number of rotatable bonds is 6. The zero-order valence-electron chi connectivity index (χ0n) is 5.49. The average Bonchev–Trinajstić information content (AvgIpc) is 1.98. The van der Waals surface area contributed by atoms with Gasteiger partial charge in [-0.05, 0) is 12.8 Å². The minimum absolute atomic E-state index is 0.146. The third-order valence-electron chi connectivity index (χ3n) is 1.15. The summed E-state index contributed by atoms with van der Waals surface area (Å²) in [6, 6.07) is -0.338. The summed E-state index contributed by atoms with van der Waals surface area (Å²) in [6.07, 6.45) is 0.945. The summed E-state index contributed by atoms with van der Waals surface area (Å²) in [5.41, 5.74) is 0. The molecule has 0 saturated carbocycles. The fourth-order valence-corrected chi connectivity index (χ4v) is 0.829. The van der Waals surface area contributed by atoms with E-state index in [2.05, 4.69) is 10.4 Å². The first kappa shape index (κ1) is 9.49.